The first kappa shape index (κ1) is 23.9. The lowest BCUT2D eigenvalue weighted by atomic mass is 10.1. The predicted octanol–water partition coefficient (Wildman–Crippen LogP) is 2.79. The van der Waals surface area contributed by atoms with Gasteiger partial charge in [0.2, 0.25) is 11.8 Å². The van der Waals surface area contributed by atoms with Crippen LogP contribution in [0.15, 0.2) is 41.3 Å². The summed E-state index contributed by atoms with van der Waals surface area (Å²) in [6.45, 7) is 0.740. The van der Waals surface area contributed by atoms with E-state index in [1.165, 1.54) is 18.2 Å². The summed E-state index contributed by atoms with van der Waals surface area (Å²) >= 11 is 6.11. The predicted molar refractivity (Wildman–Crippen MR) is 121 cm³/mol. The second-order valence-electron chi connectivity index (χ2n) is 7.58. The second-order valence-corrected chi connectivity index (χ2v) is 10.0. The average molecular weight is 481 g/mol. The molecule has 1 N–H and O–H groups in total. The van der Waals surface area contributed by atoms with Gasteiger partial charge in [-0.25, -0.2) is 8.42 Å². The van der Waals surface area contributed by atoms with Crippen molar-refractivity contribution >= 4 is 38.9 Å². The van der Waals surface area contributed by atoms with Crippen molar-refractivity contribution in [2.45, 2.75) is 17.7 Å². The van der Waals surface area contributed by atoms with Crippen LogP contribution in [0.4, 0.5) is 5.69 Å². The number of methoxy groups -OCH3 is 2. The Bertz CT molecular complexity index is 1140. The Morgan fingerprint density at radius 2 is 1.88 bits per heavy atom. The number of halogens is 1. The van der Waals surface area contributed by atoms with Crippen LogP contribution < -0.4 is 14.8 Å². The molecule has 1 fully saturated rings. The van der Waals surface area contributed by atoms with E-state index >= 15 is 0 Å². The van der Waals surface area contributed by atoms with Gasteiger partial charge in [0, 0.05) is 25.8 Å². The largest absolute Gasteiger partial charge is 0.493 e. The highest BCUT2D eigenvalue weighted by Crippen LogP contribution is 2.29. The van der Waals surface area contributed by atoms with Crippen LogP contribution in [-0.4, -0.2) is 58.7 Å². The number of ether oxygens (including phenoxy) is 2. The second kappa shape index (κ2) is 9.79. The molecule has 1 heterocycles. The lowest BCUT2D eigenvalue weighted by molar-refractivity contribution is -0.128. The van der Waals surface area contributed by atoms with Crippen molar-refractivity contribution in [2.24, 2.45) is 5.92 Å². The average Bonchev–Trinajstić information content (AvgIpc) is 3.13. The maximum Gasteiger partial charge on any atom is 0.229 e. The highest BCUT2D eigenvalue weighted by atomic mass is 35.5. The lowest BCUT2D eigenvalue weighted by Crippen LogP contribution is -2.30. The van der Waals surface area contributed by atoms with Gasteiger partial charge in [-0.2, -0.15) is 0 Å². The summed E-state index contributed by atoms with van der Waals surface area (Å²) in [6.07, 6.45) is 1.76. The van der Waals surface area contributed by atoms with Crippen LogP contribution in [0.1, 0.15) is 12.0 Å². The number of rotatable bonds is 8. The molecule has 3 rings (SSSR count). The quantitative estimate of drug-likeness (QED) is 0.623. The number of sulfone groups is 1. The molecule has 2 aromatic rings. The number of hydrogen-bond acceptors (Lipinski definition) is 6. The fraction of sp³-hybridized carbons (Fsp3) is 0.364. The molecule has 10 heteroatoms. The number of likely N-dealkylation sites (tertiary alicyclic amines) is 1. The maximum atomic E-state index is 12.7. The summed E-state index contributed by atoms with van der Waals surface area (Å²) in [5, 5.41) is 2.89. The molecule has 0 unspecified atom stereocenters. The molecule has 2 aromatic carbocycles. The number of anilines is 1. The van der Waals surface area contributed by atoms with Crippen LogP contribution in [0.25, 0.3) is 0 Å². The molecule has 0 radical (unpaired) electrons. The number of amides is 2. The van der Waals surface area contributed by atoms with Crippen molar-refractivity contribution in [1.29, 1.82) is 0 Å². The molecule has 0 aliphatic carbocycles. The third kappa shape index (κ3) is 5.52. The first-order valence-electron chi connectivity index (χ1n) is 9.91. The Morgan fingerprint density at radius 1 is 1.16 bits per heavy atom. The van der Waals surface area contributed by atoms with Crippen molar-refractivity contribution in [3.63, 3.8) is 0 Å². The van der Waals surface area contributed by atoms with Gasteiger partial charge in [-0.1, -0.05) is 17.7 Å². The van der Waals surface area contributed by atoms with Crippen LogP contribution in [0.5, 0.6) is 11.5 Å². The number of carbonyl (C=O) groups excluding carboxylic acids is 2. The lowest BCUT2D eigenvalue weighted by Gasteiger charge is -2.17. The highest BCUT2D eigenvalue weighted by Gasteiger charge is 2.34. The number of nitrogens with one attached hydrogen (secondary N) is 1. The van der Waals surface area contributed by atoms with Gasteiger partial charge in [0.1, 0.15) is 0 Å². The summed E-state index contributed by atoms with van der Waals surface area (Å²) in [7, 11) is -0.319. The van der Waals surface area contributed by atoms with Gasteiger partial charge in [-0.05, 0) is 42.3 Å². The fourth-order valence-corrected chi connectivity index (χ4v) is 4.34. The van der Waals surface area contributed by atoms with Crippen LogP contribution in [-0.2, 0) is 25.8 Å². The minimum atomic E-state index is -3.45. The van der Waals surface area contributed by atoms with E-state index in [4.69, 9.17) is 21.1 Å². The Morgan fingerprint density at radius 3 is 2.53 bits per heavy atom. The molecule has 8 nitrogen and oxygen atoms in total. The van der Waals surface area contributed by atoms with E-state index in [1.807, 2.05) is 18.2 Å². The molecule has 0 spiro atoms. The molecule has 1 atom stereocenters. The van der Waals surface area contributed by atoms with Gasteiger partial charge >= 0.3 is 0 Å². The summed E-state index contributed by atoms with van der Waals surface area (Å²) in [6, 6.07) is 9.69. The van der Waals surface area contributed by atoms with Crippen LogP contribution in [0.3, 0.4) is 0 Å². The van der Waals surface area contributed by atoms with E-state index in [9.17, 15) is 18.0 Å². The van der Waals surface area contributed by atoms with Crippen LogP contribution in [0, 0.1) is 5.92 Å². The SMILES string of the molecule is COc1ccc(CCN2C[C@H](C(=O)Nc3cc(S(C)(=O)=O)ccc3Cl)CC2=O)cc1OC. The van der Waals surface area contributed by atoms with E-state index in [-0.39, 0.29) is 40.4 Å². The minimum Gasteiger partial charge on any atom is -0.493 e. The molecular weight excluding hydrogens is 456 g/mol. The monoisotopic (exact) mass is 480 g/mol. The van der Waals surface area contributed by atoms with E-state index in [0.29, 0.717) is 24.5 Å². The maximum absolute atomic E-state index is 12.7. The highest BCUT2D eigenvalue weighted by molar-refractivity contribution is 7.90. The van der Waals surface area contributed by atoms with Gasteiger partial charge in [0.25, 0.3) is 0 Å². The van der Waals surface area contributed by atoms with Crippen LogP contribution >= 0.6 is 11.6 Å². The van der Waals surface area contributed by atoms with Gasteiger partial charge in [0.05, 0.1) is 35.7 Å². The molecule has 1 saturated heterocycles. The third-order valence-corrected chi connectivity index (χ3v) is 6.77. The zero-order chi connectivity index (χ0) is 23.5. The number of hydrogen-bond donors (Lipinski definition) is 1. The summed E-state index contributed by atoms with van der Waals surface area (Å²) in [5.41, 5.74) is 1.18. The summed E-state index contributed by atoms with van der Waals surface area (Å²) < 4.78 is 34.1. The zero-order valence-corrected chi connectivity index (χ0v) is 19.6. The summed E-state index contributed by atoms with van der Waals surface area (Å²) in [5.74, 6) is 0.207. The molecular formula is C22H25ClN2O6S. The third-order valence-electron chi connectivity index (χ3n) is 5.33. The van der Waals surface area contributed by atoms with E-state index in [0.717, 1.165) is 11.8 Å². The standard InChI is InChI=1S/C22H25ClN2O6S/c1-30-19-7-4-14(10-20(19)31-2)8-9-25-13-15(11-21(25)26)22(27)24-18-12-16(32(3,28)29)5-6-17(18)23/h4-7,10,12,15H,8-9,11,13H2,1-3H3,(H,24,27)/t15-/m1/s1. The minimum absolute atomic E-state index is 0.0521. The molecule has 172 valence electrons. The molecule has 0 bridgehead atoms. The van der Waals surface area contributed by atoms with Crippen molar-refractivity contribution in [1.82, 2.24) is 4.90 Å². The first-order valence-corrected chi connectivity index (χ1v) is 12.2. The van der Waals surface area contributed by atoms with E-state index in [1.54, 1.807) is 19.1 Å². The first-order chi connectivity index (χ1) is 15.1. The number of carbonyl (C=O) groups is 2. The number of benzene rings is 2. The van der Waals surface area contributed by atoms with Crippen molar-refractivity contribution in [3.05, 3.63) is 47.0 Å². The Hall–Kier alpha value is -2.78. The Labute approximate surface area is 192 Å². The van der Waals surface area contributed by atoms with E-state index < -0.39 is 15.8 Å². The van der Waals surface area contributed by atoms with Crippen LogP contribution in [0.2, 0.25) is 5.02 Å². The zero-order valence-electron chi connectivity index (χ0n) is 18.1. The van der Waals surface area contributed by atoms with Crippen molar-refractivity contribution in [3.8, 4) is 11.5 Å². The molecule has 0 aromatic heterocycles. The van der Waals surface area contributed by atoms with Gasteiger partial charge in [-0.15, -0.1) is 0 Å². The number of nitrogens with zero attached hydrogens (tertiary/aromatic N) is 1. The molecule has 2 amide bonds. The molecule has 32 heavy (non-hydrogen) atoms. The topological polar surface area (TPSA) is 102 Å². The van der Waals surface area contributed by atoms with Gasteiger partial charge in [0.15, 0.2) is 21.3 Å². The molecule has 1 aliphatic rings. The normalized spacial score (nSPS) is 16.2. The van der Waals surface area contributed by atoms with E-state index in [2.05, 4.69) is 5.32 Å². The van der Waals surface area contributed by atoms with Crippen molar-refractivity contribution in [2.75, 3.05) is 38.9 Å². The summed E-state index contributed by atoms with van der Waals surface area (Å²) in [4.78, 5) is 26.9. The molecule has 1 aliphatic heterocycles. The Balaban J connectivity index is 1.63. The smallest absolute Gasteiger partial charge is 0.229 e. The van der Waals surface area contributed by atoms with Gasteiger partial charge < -0.3 is 19.7 Å². The Kier molecular flexibility index (Phi) is 7.30. The van der Waals surface area contributed by atoms with Gasteiger partial charge in [-0.3, -0.25) is 9.59 Å². The van der Waals surface area contributed by atoms with Crippen molar-refractivity contribution < 1.29 is 27.5 Å². The molecule has 0 saturated carbocycles. The fourth-order valence-electron chi connectivity index (χ4n) is 3.53.